The standard InChI is InChI=1S/C24H23N5O4/c1-15-8-10-16(11-9-15)33-14-22(30)26-21-13-19(20-7-4-12-32-20)28-29(21)24-25-18-6-3-2-5-17(18)23(31)27-24/h4,7-13H,2-3,5-6,14H2,1H3,(H,26,30)(H,25,27,31). The molecule has 1 aliphatic carbocycles. The van der Waals surface area contributed by atoms with E-state index in [2.05, 4.69) is 20.4 Å². The Morgan fingerprint density at radius 1 is 1.21 bits per heavy atom. The van der Waals surface area contributed by atoms with Crippen LogP contribution in [-0.4, -0.2) is 32.3 Å². The molecule has 9 nitrogen and oxygen atoms in total. The molecule has 9 heteroatoms. The zero-order valence-corrected chi connectivity index (χ0v) is 18.1. The van der Waals surface area contributed by atoms with E-state index in [0.29, 0.717) is 29.4 Å². The third-order valence-electron chi connectivity index (χ3n) is 5.52. The van der Waals surface area contributed by atoms with Gasteiger partial charge in [0.25, 0.3) is 11.5 Å². The molecule has 0 radical (unpaired) electrons. The molecule has 0 saturated carbocycles. The highest BCUT2D eigenvalue weighted by Crippen LogP contribution is 2.25. The lowest BCUT2D eigenvalue weighted by Gasteiger charge is -2.15. The lowest BCUT2D eigenvalue weighted by molar-refractivity contribution is -0.118. The molecule has 0 atom stereocenters. The summed E-state index contributed by atoms with van der Waals surface area (Å²) in [5, 5.41) is 7.33. The molecule has 5 rings (SSSR count). The highest BCUT2D eigenvalue weighted by atomic mass is 16.5. The number of fused-ring (bicyclic) bond motifs is 1. The van der Waals surface area contributed by atoms with Crippen molar-refractivity contribution >= 4 is 11.7 Å². The Morgan fingerprint density at radius 3 is 2.82 bits per heavy atom. The highest BCUT2D eigenvalue weighted by Gasteiger charge is 2.20. The first-order chi connectivity index (χ1) is 16.1. The van der Waals surface area contributed by atoms with E-state index in [0.717, 1.165) is 36.1 Å². The molecule has 3 aromatic heterocycles. The minimum atomic E-state index is -0.372. The van der Waals surface area contributed by atoms with Crippen molar-refractivity contribution in [2.45, 2.75) is 32.6 Å². The van der Waals surface area contributed by atoms with Gasteiger partial charge in [0.1, 0.15) is 17.3 Å². The maximum Gasteiger partial charge on any atom is 0.263 e. The summed E-state index contributed by atoms with van der Waals surface area (Å²) in [5.41, 5.74) is 2.92. The van der Waals surface area contributed by atoms with Crippen LogP contribution in [-0.2, 0) is 17.6 Å². The summed E-state index contributed by atoms with van der Waals surface area (Å²) in [6, 6.07) is 12.6. The van der Waals surface area contributed by atoms with Gasteiger partial charge in [0.2, 0.25) is 5.95 Å². The van der Waals surface area contributed by atoms with Crippen molar-refractivity contribution in [3.8, 4) is 23.2 Å². The number of aryl methyl sites for hydroxylation is 2. The fourth-order valence-corrected chi connectivity index (χ4v) is 3.83. The summed E-state index contributed by atoms with van der Waals surface area (Å²) in [7, 11) is 0. The van der Waals surface area contributed by atoms with Crippen molar-refractivity contribution in [3.05, 3.63) is 75.9 Å². The molecular formula is C24H23N5O4. The third kappa shape index (κ3) is 4.43. The molecule has 0 unspecified atom stereocenters. The zero-order chi connectivity index (χ0) is 22.8. The number of hydrogen-bond acceptors (Lipinski definition) is 6. The van der Waals surface area contributed by atoms with Crippen LogP contribution in [0.25, 0.3) is 17.4 Å². The Balaban J connectivity index is 1.44. The monoisotopic (exact) mass is 445 g/mol. The van der Waals surface area contributed by atoms with Crippen LogP contribution in [0.3, 0.4) is 0 Å². The number of hydrogen-bond donors (Lipinski definition) is 2. The largest absolute Gasteiger partial charge is 0.484 e. The molecule has 2 N–H and O–H groups in total. The van der Waals surface area contributed by atoms with E-state index in [1.54, 1.807) is 24.5 Å². The number of amides is 1. The van der Waals surface area contributed by atoms with Crippen molar-refractivity contribution in [3.63, 3.8) is 0 Å². The summed E-state index contributed by atoms with van der Waals surface area (Å²) >= 11 is 0. The topological polar surface area (TPSA) is 115 Å². The van der Waals surface area contributed by atoms with Gasteiger partial charge in [-0.3, -0.25) is 14.6 Å². The predicted octanol–water partition coefficient (Wildman–Crippen LogP) is 3.42. The molecule has 0 fully saturated rings. The van der Waals surface area contributed by atoms with Crippen LogP contribution >= 0.6 is 0 Å². The maximum atomic E-state index is 12.6. The van der Waals surface area contributed by atoms with Crippen LogP contribution in [0.4, 0.5) is 5.82 Å². The van der Waals surface area contributed by atoms with Crippen molar-refractivity contribution in [2.24, 2.45) is 0 Å². The number of furan rings is 1. The Labute approximate surface area is 189 Å². The van der Waals surface area contributed by atoms with Gasteiger partial charge in [0, 0.05) is 11.6 Å². The van der Waals surface area contributed by atoms with E-state index >= 15 is 0 Å². The van der Waals surface area contributed by atoms with Gasteiger partial charge in [-0.25, -0.2) is 4.98 Å². The Hall–Kier alpha value is -4.14. The number of carbonyl (C=O) groups excluding carboxylic acids is 1. The first-order valence-corrected chi connectivity index (χ1v) is 10.8. The SMILES string of the molecule is Cc1ccc(OCC(=O)Nc2cc(-c3ccco3)nn2-c2nc3c(c(=O)[nH]2)CCCC3)cc1. The summed E-state index contributed by atoms with van der Waals surface area (Å²) in [5.74, 6) is 1.34. The average molecular weight is 445 g/mol. The van der Waals surface area contributed by atoms with Crippen LogP contribution in [0.15, 0.2) is 57.9 Å². The lowest BCUT2D eigenvalue weighted by atomic mass is 9.97. The molecule has 4 aromatic rings. The maximum absolute atomic E-state index is 12.6. The smallest absolute Gasteiger partial charge is 0.263 e. The third-order valence-corrected chi connectivity index (χ3v) is 5.52. The molecule has 0 saturated heterocycles. The van der Waals surface area contributed by atoms with E-state index in [9.17, 15) is 9.59 Å². The second-order valence-corrected chi connectivity index (χ2v) is 7.98. The molecule has 1 aliphatic rings. The minimum Gasteiger partial charge on any atom is -0.484 e. The van der Waals surface area contributed by atoms with Gasteiger partial charge in [0.05, 0.1) is 12.0 Å². The van der Waals surface area contributed by atoms with Crippen LogP contribution < -0.4 is 15.6 Å². The Kier molecular flexibility index (Phi) is 5.52. The zero-order valence-electron chi connectivity index (χ0n) is 18.1. The van der Waals surface area contributed by atoms with Gasteiger partial charge in [-0.15, -0.1) is 0 Å². The van der Waals surface area contributed by atoms with Gasteiger partial charge in [-0.2, -0.15) is 9.78 Å². The highest BCUT2D eigenvalue weighted by molar-refractivity contribution is 5.91. The quantitative estimate of drug-likeness (QED) is 0.470. The molecule has 33 heavy (non-hydrogen) atoms. The van der Waals surface area contributed by atoms with E-state index < -0.39 is 0 Å². The number of anilines is 1. The van der Waals surface area contributed by atoms with Crippen molar-refractivity contribution in [1.82, 2.24) is 19.7 Å². The number of rotatable bonds is 6. The normalized spacial score (nSPS) is 12.9. The fourth-order valence-electron chi connectivity index (χ4n) is 3.83. The van der Waals surface area contributed by atoms with E-state index in [1.165, 1.54) is 4.68 Å². The first kappa shape index (κ1) is 20.7. The second kappa shape index (κ2) is 8.78. The number of aromatic amines is 1. The van der Waals surface area contributed by atoms with Crippen molar-refractivity contribution < 1.29 is 13.9 Å². The van der Waals surface area contributed by atoms with Gasteiger partial charge in [-0.05, 0) is 56.9 Å². The number of ether oxygens (including phenoxy) is 1. The summed E-state index contributed by atoms with van der Waals surface area (Å²) in [6.45, 7) is 1.80. The number of nitrogens with one attached hydrogen (secondary N) is 2. The van der Waals surface area contributed by atoms with Crippen LogP contribution in [0.2, 0.25) is 0 Å². The summed E-state index contributed by atoms with van der Waals surface area (Å²) in [6.07, 6.45) is 4.96. The van der Waals surface area contributed by atoms with Crippen LogP contribution in [0.1, 0.15) is 29.7 Å². The summed E-state index contributed by atoms with van der Waals surface area (Å²) < 4.78 is 12.4. The Bertz CT molecular complexity index is 1340. The van der Waals surface area contributed by atoms with E-state index in [4.69, 9.17) is 9.15 Å². The predicted molar refractivity (Wildman–Crippen MR) is 122 cm³/mol. The molecule has 168 valence electrons. The number of carbonyl (C=O) groups is 1. The molecule has 0 aliphatic heterocycles. The fraction of sp³-hybridized carbons (Fsp3) is 0.250. The number of aromatic nitrogens is 4. The molecule has 1 amide bonds. The minimum absolute atomic E-state index is 0.176. The Morgan fingerprint density at radius 2 is 2.03 bits per heavy atom. The van der Waals surface area contributed by atoms with Gasteiger partial charge < -0.3 is 14.5 Å². The number of H-pyrrole nitrogens is 1. The van der Waals surface area contributed by atoms with Gasteiger partial charge >= 0.3 is 0 Å². The van der Waals surface area contributed by atoms with Gasteiger partial charge in [0.15, 0.2) is 12.4 Å². The summed E-state index contributed by atoms with van der Waals surface area (Å²) in [4.78, 5) is 32.7. The van der Waals surface area contributed by atoms with Gasteiger partial charge in [-0.1, -0.05) is 17.7 Å². The van der Waals surface area contributed by atoms with Crippen LogP contribution in [0.5, 0.6) is 5.75 Å². The molecule has 1 aromatic carbocycles. The van der Waals surface area contributed by atoms with E-state index in [-0.39, 0.29) is 24.0 Å². The van der Waals surface area contributed by atoms with Crippen molar-refractivity contribution in [2.75, 3.05) is 11.9 Å². The molecule has 3 heterocycles. The first-order valence-electron chi connectivity index (χ1n) is 10.8. The second-order valence-electron chi connectivity index (χ2n) is 7.98. The lowest BCUT2D eigenvalue weighted by Crippen LogP contribution is -2.26. The molecule has 0 spiro atoms. The van der Waals surface area contributed by atoms with Crippen molar-refractivity contribution in [1.29, 1.82) is 0 Å². The molecule has 0 bridgehead atoms. The number of benzene rings is 1. The number of nitrogens with zero attached hydrogens (tertiary/aromatic N) is 3. The average Bonchev–Trinajstić information content (AvgIpc) is 3.49. The van der Waals surface area contributed by atoms with E-state index in [1.807, 2.05) is 31.2 Å². The van der Waals surface area contributed by atoms with Crippen LogP contribution in [0, 0.1) is 6.92 Å². The molecular weight excluding hydrogens is 422 g/mol.